The third-order valence-corrected chi connectivity index (χ3v) is 2.64. The summed E-state index contributed by atoms with van der Waals surface area (Å²) in [6.45, 7) is 0. The van der Waals surface area contributed by atoms with Gasteiger partial charge in [0, 0.05) is 0 Å². The van der Waals surface area contributed by atoms with Crippen molar-refractivity contribution in [1.29, 1.82) is 0 Å². The van der Waals surface area contributed by atoms with E-state index in [2.05, 4.69) is 0 Å². The van der Waals surface area contributed by atoms with Crippen LogP contribution in [0.1, 0.15) is 20.7 Å². The van der Waals surface area contributed by atoms with Crippen LogP contribution in [0.15, 0.2) is 42.5 Å². The van der Waals surface area contributed by atoms with Gasteiger partial charge < -0.3 is 21.3 Å². The number of rotatable bonds is 4. The lowest BCUT2D eigenvalue weighted by molar-refractivity contribution is 0.0694. The molecule has 0 atom stereocenters. The Balaban J connectivity index is 2.51. The second-order valence-electron chi connectivity index (χ2n) is 3.99. The van der Waals surface area contributed by atoms with Crippen molar-refractivity contribution in [2.24, 2.45) is 5.73 Å². The van der Waals surface area contributed by atoms with E-state index in [0.29, 0.717) is 0 Å². The Labute approximate surface area is 114 Å². The maximum absolute atomic E-state index is 11.3. The number of anilines is 1. The van der Waals surface area contributed by atoms with Gasteiger partial charge >= 0.3 is 5.97 Å². The Bertz CT molecular complexity index is 683. The summed E-state index contributed by atoms with van der Waals surface area (Å²) in [5.74, 6) is -1.72. The third-order valence-electron chi connectivity index (χ3n) is 2.64. The maximum atomic E-state index is 11.3. The van der Waals surface area contributed by atoms with E-state index in [1.54, 1.807) is 12.1 Å². The molecule has 0 radical (unpaired) electrons. The normalized spacial score (nSPS) is 10.0. The Morgan fingerprint density at radius 1 is 1.00 bits per heavy atom. The highest BCUT2D eigenvalue weighted by Crippen LogP contribution is 2.32. The Morgan fingerprint density at radius 2 is 1.65 bits per heavy atom. The molecule has 0 aliphatic rings. The number of para-hydroxylation sites is 2. The molecule has 0 saturated heterocycles. The van der Waals surface area contributed by atoms with Gasteiger partial charge in [-0.25, -0.2) is 4.79 Å². The van der Waals surface area contributed by atoms with Crippen LogP contribution in [0.2, 0.25) is 0 Å². The van der Waals surface area contributed by atoms with Gasteiger partial charge in [0.1, 0.15) is 11.3 Å². The van der Waals surface area contributed by atoms with Gasteiger partial charge in [-0.2, -0.15) is 0 Å². The number of carboxylic acid groups (broad SMARTS) is 1. The number of aromatic carboxylic acids is 1. The smallest absolute Gasteiger partial charge is 0.339 e. The minimum Gasteiger partial charge on any atom is -0.478 e. The summed E-state index contributed by atoms with van der Waals surface area (Å²) in [6, 6.07) is 10.6. The molecule has 6 heteroatoms. The van der Waals surface area contributed by atoms with Gasteiger partial charge in [0.25, 0.3) is 5.91 Å². The first-order valence-corrected chi connectivity index (χ1v) is 5.69. The number of nitrogen functional groups attached to an aromatic ring is 1. The SMILES string of the molecule is NC(=O)c1ccccc1Oc1c(N)cccc1C(=O)O. The minimum atomic E-state index is -1.18. The fourth-order valence-corrected chi connectivity index (χ4v) is 1.71. The van der Waals surface area contributed by atoms with Crippen LogP contribution in [0.25, 0.3) is 0 Å². The molecule has 0 saturated carbocycles. The molecule has 102 valence electrons. The Kier molecular flexibility index (Phi) is 3.56. The van der Waals surface area contributed by atoms with Crippen LogP contribution in [-0.2, 0) is 0 Å². The summed E-state index contributed by atoms with van der Waals surface area (Å²) in [6.07, 6.45) is 0. The molecule has 6 nitrogen and oxygen atoms in total. The number of hydrogen-bond donors (Lipinski definition) is 3. The number of carbonyl (C=O) groups excluding carboxylic acids is 1. The van der Waals surface area contributed by atoms with Gasteiger partial charge in [-0.1, -0.05) is 18.2 Å². The molecule has 2 aromatic rings. The number of primary amides is 1. The summed E-state index contributed by atoms with van der Waals surface area (Å²) in [4.78, 5) is 22.5. The molecule has 0 aliphatic carbocycles. The monoisotopic (exact) mass is 272 g/mol. The van der Waals surface area contributed by atoms with Crippen molar-refractivity contribution in [3.63, 3.8) is 0 Å². The number of benzene rings is 2. The summed E-state index contributed by atoms with van der Waals surface area (Å²) >= 11 is 0. The topological polar surface area (TPSA) is 116 Å². The van der Waals surface area contributed by atoms with Crippen LogP contribution < -0.4 is 16.2 Å². The molecule has 0 spiro atoms. The highest BCUT2D eigenvalue weighted by molar-refractivity contribution is 5.96. The van der Waals surface area contributed by atoms with Gasteiger partial charge in [-0.3, -0.25) is 4.79 Å². The van der Waals surface area contributed by atoms with Crippen LogP contribution in [0, 0.1) is 0 Å². The fraction of sp³-hybridized carbons (Fsp3) is 0. The molecule has 0 aromatic heterocycles. The number of hydrogen-bond acceptors (Lipinski definition) is 4. The van der Waals surface area contributed by atoms with Gasteiger partial charge in [-0.15, -0.1) is 0 Å². The number of ether oxygens (including phenoxy) is 1. The van der Waals surface area contributed by atoms with Crippen LogP contribution in [-0.4, -0.2) is 17.0 Å². The van der Waals surface area contributed by atoms with Crippen LogP contribution in [0.5, 0.6) is 11.5 Å². The van der Waals surface area contributed by atoms with E-state index in [9.17, 15) is 9.59 Å². The standard InChI is InChI=1S/C14H12N2O4/c15-10-6-3-5-9(14(18)19)12(10)20-11-7-2-1-4-8(11)13(16)17/h1-7H,15H2,(H2,16,17)(H,18,19). The van der Waals surface area contributed by atoms with E-state index in [0.717, 1.165) is 0 Å². The fourth-order valence-electron chi connectivity index (χ4n) is 1.71. The van der Waals surface area contributed by atoms with Crippen LogP contribution in [0.3, 0.4) is 0 Å². The molecule has 5 N–H and O–H groups in total. The maximum Gasteiger partial charge on any atom is 0.339 e. The number of carbonyl (C=O) groups is 2. The number of carboxylic acids is 1. The largest absolute Gasteiger partial charge is 0.478 e. The van der Waals surface area contributed by atoms with E-state index < -0.39 is 11.9 Å². The first-order chi connectivity index (χ1) is 9.50. The molecular formula is C14H12N2O4. The molecule has 2 rings (SSSR count). The lowest BCUT2D eigenvalue weighted by Crippen LogP contribution is -2.12. The predicted molar refractivity (Wildman–Crippen MR) is 72.8 cm³/mol. The van der Waals surface area contributed by atoms with Crippen LogP contribution >= 0.6 is 0 Å². The van der Waals surface area contributed by atoms with E-state index in [4.69, 9.17) is 21.3 Å². The van der Waals surface area contributed by atoms with Crippen molar-refractivity contribution >= 4 is 17.6 Å². The first kappa shape index (κ1) is 13.4. The third kappa shape index (κ3) is 2.54. The first-order valence-electron chi connectivity index (χ1n) is 5.69. The summed E-state index contributed by atoms with van der Waals surface area (Å²) < 4.78 is 5.49. The highest BCUT2D eigenvalue weighted by Gasteiger charge is 2.17. The number of amides is 1. The van der Waals surface area contributed by atoms with E-state index in [1.807, 2.05) is 0 Å². The lowest BCUT2D eigenvalue weighted by atomic mass is 10.1. The molecule has 20 heavy (non-hydrogen) atoms. The zero-order chi connectivity index (χ0) is 14.7. The summed E-state index contributed by atoms with van der Waals surface area (Å²) in [7, 11) is 0. The zero-order valence-corrected chi connectivity index (χ0v) is 10.4. The van der Waals surface area contributed by atoms with Gasteiger partial charge in [0.15, 0.2) is 5.75 Å². The predicted octanol–water partition coefficient (Wildman–Crippen LogP) is 1.86. The molecule has 0 bridgehead atoms. The quantitative estimate of drug-likeness (QED) is 0.734. The molecule has 0 fully saturated rings. The zero-order valence-electron chi connectivity index (χ0n) is 10.4. The van der Waals surface area contributed by atoms with E-state index in [-0.39, 0.29) is 28.3 Å². The second kappa shape index (κ2) is 5.31. The van der Waals surface area contributed by atoms with Crippen molar-refractivity contribution in [2.75, 3.05) is 5.73 Å². The van der Waals surface area contributed by atoms with Crippen molar-refractivity contribution in [3.05, 3.63) is 53.6 Å². The average molecular weight is 272 g/mol. The molecule has 0 unspecified atom stereocenters. The van der Waals surface area contributed by atoms with E-state index in [1.165, 1.54) is 30.3 Å². The van der Waals surface area contributed by atoms with Gasteiger partial charge in [0.05, 0.1) is 11.3 Å². The van der Waals surface area contributed by atoms with E-state index >= 15 is 0 Å². The summed E-state index contributed by atoms with van der Waals surface area (Å²) in [5.41, 5.74) is 11.2. The molecular weight excluding hydrogens is 260 g/mol. The Hall–Kier alpha value is -3.02. The molecule has 2 aromatic carbocycles. The Morgan fingerprint density at radius 3 is 2.30 bits per heavy atom. The average Bonchev–Trinajstić information content (AvgIpc) is 2.41. The van der Waals surface area contributed by atoms with Crippen molar-refractivity contribution in [1.82, 2.24) is 0 Å². The van der Waals surface area contributed by atoms with Gasteiger partial charge in [0.2, 0.25) is 0 Å². The summed E-state index contributed by atoms with van der Waals surface area (Å²) in [5, 5.41) is 9.12. The van der Waals surface area contributed by atoms with Crippen molar-refractivity contribution in [3.8, 4) is 11.5 Å². The highest BCUT2D eigenvalue weighted by atomic mass is 16.5. The van der Waals surface area contributed by atoms with Crippen molar-refractivity contribution < 1.29 is 19.4 Å². The van der Waals surface area contributed by atoms with Gasteiger partial charge in [-0.05, 0) is 24.3 Å². The second-order valence-corrected chi connectivity index (χ2v) is 3.99. The molecule has 0 heterocycles. The number of nitrogens with two attached hydrogens (primary N) is 2. The molecule has 1 amide bonds. The van der Waals surface area contributed by atoms with Crippen LogP contribution in [0.4, 0.5) is 5.69 Å². The lowest BCUT2D eigenvalue weighted by Gasteiger charge is -2.13. The molecule has 0 aliphatic heterocycles. The van der Waals surface area contributed by atoms with Crippen molar-refractivity contribution in [2.45, 2.75) is 0 Å². The minimum absolute atomic E-state index is 0.0197.